The summed E-state index contributed by atoms with van der Waals surface area (Å²) in [5.74, 6) is 0.729. The molecule has 5 atom stereocenters. The highest BCUT2D eigenvalue weighted by molar-refractivity contribution is 5.81. The lowest BCUT2D eigenvalue weighted by Gasteiger charge is -2.39. The molecule has 1 aliphatic rings. The lowest BCUT2D eigenvalue weighted by molar-refractivity contribution is -0.159. The van der Waals surface area contributed by atoms with Crippen LogP contribution in [-0.2, 0) is 10.5 Å². The van der Waals surface area contributed by atoms with E-state index in [-0.39, 0.29) is 5.82 Å². The molecule has 0 saturated carbocycles. The molecule has 3 heterocycles. The SMILES string of the molecule is COc1cc(C(C)[C@@]2(n3cnc4c(N)ncnc43)O[C@H](CO)[C@@H](O)[C@H]2O)cc(OC)c1OC. The summed E-state index contributed by atoms with van der Waals surface area (Å²) in [5, 5.41) is 31.8. The number of hydrogen-bond acceptors (Lipinski definition) is 11. The third-order valence-electron chi connectivity index (χ3n) is 6.19. The summed E-state index contributed by atoms with van der Waals surface area (Å²) in [6.45, 7) is 1.29. The van der Waals surface area contributed by atoms with Gasteiger partial charge in [-0.2, -0.15) is 0 Å². The van der Waals surface area contributed by atoms with Gasteiger partial charge >= 0.3 is 0 Å². The molecule has 1 aromatic carbocycles. The normalized spacial score (nSPS) is 25.8. The van der Waals surface area contributed by atoms with Crippen LogP contribution in [0.3, 0.4) is 0 Å². The molecule has 0 aliphatic carbocycles. The van der Waals surface area contributed by atoms with E-state index in [4.69, 9.17) is 24.7 Å². The van der Waals surface area contributed by atoms with Crippen LogP contribution in [0.5, 0.6) is 17.2 Å². The fourth-order valence-corrected chi connectivity index (χ4v) is 4.44. The van der Waals surface area contributed by atoms with Crippen molar-refractivity contribution in [2.24, 2.45) is 0 Å². The van der Waals surface area contributed by atoms with Crippen LogP contribution in [0.25, 0.3) is 11.2 Å². The number of imidazole rings is 1. The molecule has 33 heavy (non-hydrogen) atoms. The number of fused-ring (bicyclic) bond motifs is 1. The van der Waals surface area contributed by atoms with Gasteiger partial charge < -0.3 is 40.0 Å². The van der Waals surface area contributed by atoms with Crippen LogP contribution in [0, 0.1) is 0 Å². The van der Waals surface area contributed by atoms with Crippen molar-refractivity contribution < 1.29 is 34.3 Å². The molecule has 4 rings (SSSR count). The molecule has 1 fully saturated rings. The highest BCUT2D eigenvalue weighted by Crippen LogP contribution is 2.49. The third kappa shape index (κ3) is 3.33. The molecule has 0 amide bonds. The minimum Gasteiger partial charge on any atom is -0.493 e. The standard InChI is InChI=1S/C21H27N5O7/c1-10(11-5-12(30-2)17(32-4)13(6-11)31-3)21(18(29)16(28)14(7-27)33-21)26-9-25-15-19(22)23-8-24-20(15)26/h5-6,8-10,14,16,18,27-29H,7H2,1-4H3,(H2,22,23,24)/t10?,14-,16-,18-,21-/m1/s1. The van der Waals surface area contributed by atoms with Gasteiger partial charge in [-0.3, -0.25) is 4.57 Å². The summed E-state index contributed by atoms with van der Waals surface area (Å²) >= 11 is 0. The van der Waals surface area contributed by atoms with E-state index in [0.29, 0.717) is 34.0 Å². The van der Waals surface area contributed by atoms with Gasteiger partial charge in [0.15, 0.2) is 28.7 Å². The Hall–Kier alpha value is -3.19. The van der Waals surface area contributed by atoms with Crippen molar-refractivity contribution >= 4 is 17.0 Å². The first-order valence-corrected chi connectivity index (χ1v) is 10.2. The monoisotopic (exact) mass is 461 g/mol. The van der Waals surface area contributed by atoms with E-state index in [2.05, 4.69) is 15.0 Å². The number of aliphatic hydroxyl groups is 3. The number of hydrogen-bond donors (Lipinski definition) is 4. The lowest BCUT2D eigenvalue weighted by Crippen LogP contribution is -2.49. The molecule has 0 bridgehead atoms. The number of rotatable bonds is 7. The quantitative estimate of drug-likeness (QED) is 0.374. The maximum Gasteiger partial charge on any atom is 0.203 e. The van der Waals surface area contributed by atoms with Gasteiger partial charge in [0.05, 0.1) is 34.3 Å². The fourth-order valence-electron chi connectivity index (χ4n) is 4.44. The fraction of sp³-hybridized carbons (Fsp3) is 0.476. The predicted octanol–water partition coefficient (Wildman–Crippen LogP) is 0.00370. The van der Waals surface area contributed by atoms with Crippen LogP contribution in [0.1, 0.15) is 18.4 Å². The zero-order valence-corrected chi connectivity index (χ0v) is 18.7. The third-order valence-corrected chi connectivity index (χ3v) is 6.19. The zero-order valence-electron chi connectivity index (χ0n) is 18.7. The van der Waals surface area contributed by atoms with E-state index >= 15 is 0 Å². The van der Waals surface area contributed by atoms with Gasteiger partial charge in [-0.1, -0.05) is 6.92 Å². The molecule has 178 valence electrons. The number of nitrogens with zero attached hydrogens (tertiary/aromatic N) is 4. The Kier molecular flexibility index (Phi) is 6.01. The molecular weight excluding hydrogens is 434 g/mol. The minimum atomic E-state index is -1.62. The number of anilines is 1. The van der Waals surface area contributed by atoms with Crippen LogP contribution < -0.4 is 19.9 Å². The van der Waals surface area contributed by atoms with Crippen molar-refractivity contribution in [1.29, 1.82) is 0 Å². The second-order valence-corrected chi connectivity index (χ2v) is 7.75. The van der Waals surface area contributed by atoms with Gasteiger partial charge in [0.1, 0.15) is 30.2 Å². The van der Waals surface area contributed by atoms with Gasteiger partial charge in [0.2, 0.25) is 5.75 Å². The Morgan fingerprint density at radius 3 is 2.33 bits per heavy atom. The molecule has 12 heteroatoms. The summed E-state index contributed by atoms with van der Waals surface area (Å²) in [7, 11) is 4.49. The summed E-state index contributed by atoms with van der Waals surface area (Å²) in [5.41, 5.74) is 5.58. The molecule has 5 N–H and O–H groups in total. The first kappa shape index (κ1) is 23.0. The molecule has 1 saturated heterocycles. The van der Waals surface area contributed by atoms with Crippen LogP contribution in [-0.4, -0.2) is 81.1 Å². The van der Waals surface area contributed by atoms with Crippen molar-refractivity contribution in [3.63, 3.8) is 0 Å². The van der Waals surface area contributed by atoms with Crippen molar-refractivity contribution in [1.82, 2.24) is 19.5 Å². The Balaban J connectivity index is 1.96. The Morgan fingerprint density at radius 1 is 1.12 bits per heavy atom. The topological polar surface area (TPSA) is 167 Å². The van der Waals surface area contributed by atoms with Crippen molar-refractivity contribution in [2.75, 3.05) is 33.7 Å². The molecule has 2 aromatic heterocycles. The van der Waals surface area contributed by atoms with Crippen LogP contribution in [0.2, 0.25) is 0 Å². The van der Waals surface area contributed by atoms with E-state index < -0.39 is 36.6 Å². The Bertz CT molecular complexity index is 1130. The zero-order chi connectivity index (χ0) is 23.9. The molecule has 1 aliphatic heterocycles. The van der Waals surface area contributed by atoms with Crippen LogP contribution in [0.4, 0.5) is 5.82 Å². The Labute approximate surface area is 189 Å². The average Bonchev–Trinajstić information content (AvgIpc) is 3.38. The maximum absolute atomic E-state index is 11.3. The smallest absolute Gasteiger partial charge is 0.203 e. The second kappa shape index (κ2) is 8.63. The largest absolute Gasteiger partial charge is 0.493 e. The van der Waals surface area contributed by atoms with Gasteiger partial charge in [-0.25, -0.2) is 15.0 Å². The number of aromatic nitrogens is 4. The Morgan fingerprint density at radius 2 is 1.79 bits per heavy atom. The van der Waals surface area contributed by atoms with Crippen molar-refractivity contribution in [2.45, 2.75) is 36.9 Å². The number of benzene rings is 1. The van der Waals surface area contributed by atoms with Crippen molar-refractivity contribution in [3.8, 4) is 17.2 Å². The van der Waals surface area contributed by atoms with Crippen LogP contribution >= 0.6 is 0 Å². The van der Waals surface area contributed by atoms with Crippen molar-refractivity contribution in [3.05, 3.63) is 30.4 Å². The molecule has 1 unspecified atom stereocenters. The van der Waals surface area contributed by atoms with Gasteiger partial charge in [-0.05, 0) is 17.7 Å². The molecule has 12 nitrogen and oxygen atoms in total. The highest BCUT2D eigenvalue weighted by atomic mass is 16.6. The van der Waals surface area contributed by atoms with Gasteiger partial charge in [0, 0.05) is 5.92 Å². The summed E-state index contributed by atoms with van der Waals surface area (Å²) in [4.78, 5) is 12.5. The lowest BCUT2D eigenvalue weighted by atomic mass is 9.84. The van der Waals surface area contributed by atoms with E-state index in [0.717, 1.165) is 0 Å². The van der Waals surface area contributed by atoms with Gasteiger partial charge in [-0.15, -0.1) is 0 Å². The molecule has 3 aromatic rings. The molecular formula is C21H27N5O7. The average molecular weight is 461 g/mol. The number of nitrogens with two attached hydrogens (primary N) is 1. The molecule has 0 spiro atoms. The number of nitrogen functional groups attached to an aromatic ring is 1. The predicted molar refractivity (Wildman–Crippen MR) is 116 cm³/mol. The second-order valence-electron chi connectivity index (χ2n) is 7.75. The number of methoxy groups -OCH3 is 3. The van der Waals surface area contributed by atoms with E-state index in [1.807, 2.05) is 0 Å². The first-order valence-electron chi connectivity index (χ1n) is 10.2. The summed E-state index contributed by atoms with van der Waals surface area (Å²) in [6.07, 6.45) is -1.20. The minimum absolute atomic E-state index is 0.154. The first-order chi connectivity index (χ1) is 15.8. The maximum atomic E-state index is 11.3. The van der Waals surface area contributed by atoms with Gasteiger partial charge in [0.25, 0.3) is 0 Å². The summed E-state index contributed by atoms with van der Waals surface area (Å²) < 4.78 is 24.1. The van der Waals surface area contributed by atoms with E-state index in [1.165, 1.54) is 38.6 Å². The molecule has 0 radical (unpaired) electrons. The number of aliphatic hydroxyl groups excluding tert-OH is 3. The van der Waals surface area contributed by atoms with Crippen LogP contribution in [0.15, 0.2) is 24.8 Å². The van der Waals surface area contributed by atoms with E-state index in [1.54, 1.807) is 19.1 Å². The van der Waals surface area contributed by atoms with E-state index in [9.17, 15) is 15.3 Å². The highest BCUT2D eigenvalue weighted by Gasteiger charge is 2.59. The summed E-state index contributed by atoms with van der Waals surface area (Å²) in [6, 6.07) is 3.45. The number of ether oxygens (including phenoxy) is 4.